The average Bonchev–Trinajstić information content (AvgIpc) is 3.01. The van der Waals surface area contributed by atoms with Gasteiger partial charge in [-0.15, -0.1) is 11.3 Å². The number of phenolic OH excluding ortho intramolecular Hbond substituents is 1. The number of hydrogen-bond acceptors (Lipinski definition) is 5. The van der Waals surface area contributed by atoms with Crippen LogP contribution in [0.2, 0.25) is 0 Å². The lowest BCUT2D eigenvalue weighted by Gasteiger charge is -2.12. The van der Waals surface area contributed by atoms with Crippen LogP contribution in [0.3, 0.4) is 0 Å². The number of thiophene rings is 1. The molecule has 1 unspecified atom stereocenters. The quantitative estimate of drug-likeness (QED) is 0.831. The summed E-state index contributed by atoms with van der Waals surface area (Å²) in [6.07, 6.45) is 0. The van der Waals surface area contributed by atoms with Gasteiger partial charge in [-0.2, -0.15) is 0 Å². The summed E-state index contributed by atoms with van der Waals surface area (Å²) in [6, 6.07) is 8.31. The summed E-state index contributed by atoms with van der Waals surface area (Å²) in [5.74, 6) is -1.27. The standard InChI is InChI=1S/C16H17NO4S/c1-10-5-6-13(18)12(8-10)16(20)21-9-15(19)17-11(2)14-4-3-7-22-14/h3-8,11,18H,9H2,1-2H3,(H,17,19). The molecule has 0 bridgehead atoms. The highest BCUT2D eigenvalue weighted by Gasteiger charge is 2.16. The predicted molar refractivity (Wildman–Crippen MR) is 84.0 cm³/mol. The summed E-state index contributed by atoms with van der Waals surface area (Å²) in [4.78, 5) is 24.7. The van der Waals surface area contributed by atoms with Gasteiger partial charge in [0.2, 0.25) is 0 Å². The molecule has 22 heavy (non-hydrogen) atoms. The van der Waals surface area contributed by atoms with Crippen molar-refractivity contribution < 1.29 is 19.4 Å². The number of amides is 1. The Hall–Kier alpha value is -2.34. The zero-order chi connectivity index (χ0) is 16.1. The lowest BCUT2D eigenvalue weighted by atomic mass is 10.1. The number of carbonyl (C=O) groups excluding carboxylic acids is 2. The van der Waals surface area contributed by atoms with Crippen LogP contribution in [0.4, 0.5) is 0 Å². The molecule has 2 N–H and O–H groups in total. The van der Waals surface area contributed by atoms with Crippen LogP contribution >= 0.6 is 11.3 Å². The van der Waals surface area contributed by atoms with Crippen LogP contribution in [0, 0.1) is 6.92 Å². The molecule has 1 atom stereocenters. The van der Waals surface area contributed by atoms with E-state index >= 15 is 0 Å². The smallest absolute Gasteiger partial charge is 0.342 e. The molecule has 1 heterocycles. The van der Waals surface area contributed by atoms with Crippen LogP contribution in [-0.2, 0) is 9.53 Å². The maximum Gasteiger partial charge on any atom is 0.342 e. The number of esters is 1. The molecule has 2 aromatic rings. The Bertz CT molecular complexity index is 667. The number of rotatable bonds is 5. The molecule has 0 spiro atoms. The number of phenols is 1. The van der Waals surface area contributed by atoms with Crippen LogP contribution in [-0.4, -0.2) is 23.6 Å². The van der Waals surface area contributed by atoms with E-state index in [0.717, 1.165) is 10.4 Å². The third kappa shape index (κ3) is 4.08. The molecule has 0 radical (unpaired) electrons. The highest BCUT2D eigenvalue weighted by molar-refractivity contribution is 7.10. The molecule has 0 aliphatic rings. The zero-order valence-electron chi connectivity index (χ0n) is 12.3. The summed E-state index contributed by atoms with van der Waals surface area (Å²) in [5, 5.41) is 14.3. The fourth-order valence-electron chi connectivity index (χ4n) is 1.91. The van der Waals surface area contributed by atoms with Gasteiger partial charge in [0.15, 0.2) is 6.61 Å². The zero-order valence-corrected chi connectivity index (χ0v) is 13.1. The van der Waals surface area contributed by atoms with E-state index in [9.17, 15) is 14.7 Å². The molecule has 5 nitrogen and oxygen atoms in total. The van der Waals surface area contributed by atoms with E-state index < -0.39 is 5.97 Å². The lowest BCUT2D eigenvalue weighted by Crippen LogP contribution is -2.30. The molecular formula is C16H17NO4S. The third-order valence-electron chi connectivity index (χ3n) is 3.05. The van der Waals surface area contributed by atoms with Crippen molar-refractivity contribution in [2.45, 2.75) is 19.9 Å². The minimum absolute atomic E-state index is 0.0547. The summed E-state index contributed by atoms with van der Waals surface area (Å²) in [7, 11) is 0. The molecule has 1 aromatic carbocycles. The van der Waals surface area contributed by atoms with Crippen LogP contribution in [0.15, 0.2) is 35.7 Å². The maximum atomic E-state index is 11.9. The molecule has 1 aromatic heterocycles. The molecule has 0 fully saturated rings. The molecule has 0 aliphatic carbocycles. The summed E-state index contributed by atoms with van der Waals surface area (Å²) in [5.41, 5.74) is 0.875. The van der Waals surface area contributed by atoms with Gasteiger partial charge < -0.3 is 15.2 Å². The number of hydrogen-bond donors (Lipinski definition) is 2. The van der Waals surface area contributed by atoms with Gasteiger partial charge in [0.1, 0.15) is 11.3 Å². The monoisotopic (exact) mass is 319 g/mol. The van der Waals surface area contributed by atoms with Crippen LogP contribution in [0.5, 0.6) is 5.75 Å². The number of carbonyl (C=O) groups is 2. The lowest BCUT2D eigenvalue weighted by molar-refractivity contribution is -0.124. The fourth-order valence-corrected chi connectivity index (χ4v) is 2.65. The van der Waals surface area contributed by atoms with Crippen molar-refractivity contribution in [3.63, 3.8) is 0 Å². The summed E-state index contributed by atoms with van der Waals surface area (Å²) < 4.78 is 4.94. The van der Waals surface area contributed by atoms with Gasteiger partial charge in [-0.1, -0.05) is 17.7 Å². The van der Waals surface area contributed by atoms with E-state index in [1.807, 2.05) is 24.4 Å². The van der Waals surface area contributed by atoms with E-state index in [-0.39, 0.29) is 29.9 Å². The Morgan fingerprint density at radius 2 is 2.14 bits per heavy atom. The second-order valence-electron chi connectivity index (χ2n) is 4.90. The summed E-state index contributed by atoms with van der Waals surface area (Å²) >= 11 is 1.54. The predicted octanol–water partition coefficient (Wildman–Crippen LogP) is 2.80. The molecule has 6 heteroatoms. The van der Waals surface area contributed by atoms with Gasteiger partial charge in [-0.05, 0) is 37.4 Å². The van der Waals surface area contributed by atoms with Gasteiger partial charge in [0, 0.05) is 4.88 Å². The van der Waals surface area contributed by atoms with Gasteiger partial charge in [-0.3, -0.25) is 4.79 Å². The molecule has 0 saturated heterocycles. The second kappa shape index (κ2) is 7.09. The molecular weight excluding hydrogens is 302 g/mol. The van der Waals surface area contributed by atoms with E-state index in [1.54, 1.807) is 24.3 Å². The normalized spacial score (nSPS) is 11.7. The molecule has 2 rings (SSSR count). The first-order valence-electron chi connectivity index (χ1n) is 6.77. The van der Waals surface area contributed by atoms with Crippen molar-refractivity contribution >= 4 is 23.2 Å². The van der Waals surface area contributed by atoms with Gasteiger partial charge in [0.05, 0.1) is 6.04 Å². The van der Waals surface area contributed by atoms with Gasteiger partial charge in [0.25, 0.3) is 5.91 Å². The number of ether oxygens (including phenoxy) is 1. The largest absolute Gasteiger partial charge is 0.507 e. The van der Waals surface area contributed by atoms with Crippen molar-refractivity contribution in [2.75, 3.05) is 6.61 Å². The fraction of sp³-hybridized carbons (Fsp3) is 0.250. The second-order valence-corrected chi connectivity index (χ2v) is 5.88. The van der Waals surface area contributed by atoms with E-state index in [4.69, 9.17) is 4.74 Å². The van der Waals surface area contributed by atoms with Crippen LogP contribution in [0.1, 0.15) is 33.8 Å². The molecule has 116 valence electrons. The minimum Gasteiger partial charge on any atom is -0.507 e. The third-order valence-corrected chi connectivity index (χ3v) is 4.11. The van der Waals surface area contributed by atoms with E-state index in [0.29, 0.717) is 0 Å². The van der Waals surface area contributed by atoms with E-state index in [2.05, 4.69) is 5.32 Å². The van der Waals surface area contributed by atoms with Gasteiger partial charge in [-0.25, -0.2) is 4.79 Å². The highest BCUT2D eigenvalue weighted by Crippen LogP contribution is 2.19. The number of aromatic hydroxyl groups is 1. The first-order valence-corrected chi connectivity index (χ1v) is 7.65. The Morgan fingerprint density at radius 1 is 1.36 bits per heavy atom. The Morgan fingerprint density at radius 3 is 2.82 bits per heavy atom. The maximum absolute atomic E-state index is 11.9. The highest BCUT2D eigenvalue weighted by atomic mass is 32.1. The SMILES string of the molecule is Cc1ccc(O)c(C(=O)OCC(=O)NC(C)c2cccs2)c1. The first kappa shape index (κ1) is 16.0. The Balaban J connectivity index is 1.88. The average molecular weight is 319 g/mol. The number of nitrogens with one attached hydrogen (secondary N) is 1. The van der Waals surface area contributed by atoms with Crippen molar-refractivity contribution in [1.82, 2.24) is 5.32 Å². The van der Waals surface area contributed by atoms with Crippen LogP contribution in [0.25, 0.3) is 0 Å². The minimum atomic E-state index is -0.722. The van der Waals surface area contributed by atoms with Crippen molar-refractivity contribution in [3.05, 3.63) is 51.7 Å². The molecule has 1 amide bonds. The van der Waals surface area contributed by atoms with Crippen LogP contribution < -0.4 is 5.32 Å². The number of benzene rings is 1. The molecule has 0 saturated carbocycles. The Kier molecular flexibility index (Phi) is 5.16. The topological polar surface area (TPSA) is 75.6 Å². The van der Waals surface area contributed by atoms with Crippen molar-refractivity contribution in [1.29, 1.82) is 0 Å². The van der Waals surface area contributed by atoms with Crippen molar-refractivity contribution in [2.24, 2.45) is 0 Å². The Labute approximate surface area is 132 Å². The molecule has 0 aliphatic heterocycles. The number of aryl methyl sites for hydroxylation is 1. The summed E-state index contributed by atoms with van der Waals surface area (Å²) in [6.45, 7) is 3.27. The van der Waals surface area contributed by atoms with Crippen molar-refractivity contribution in [3.8, 4) is 5.75 Å². The van der Waals surface area contributed by atoms with Gasteiger partial charge >= 0.3 is 5.97 Å². The first-order chi connectivity index (χ1) is 10.5. The van der Waals surface area contributed by atoms with E-state index in [1.165, 1.54) is 12.1 Å².